The molecule has 4 nitrogen and oxygen atoms in total. The highest BCUT2D eigenvalue weighted by atomic mass is 16.5. The van der Waals surface area contributed by atoms with Crippen LogP contribution in [0.1, 0.15) is 39.0 Å². The van der Waals surface area contributed by atoms with Crippen molar-refractivity contribution < 1.29 is 9.53 Å². The number of nitrogens with zero attached hydrogens (tertiary/aromatic N) is 1. The molecule has 1 unspecified atom stereocenters. The second-order valence-corrected chi connectivity index (χ2v) is 5.43. The lowest BCUT2D eigenvalue weighted by molar-refractivity contribution is -0.142. The molecule has 0 radical (unpaired) electrons. The molecule has 2 rings (SSSR count). The fraction of sp³-hybridized carbons (Fsp3) is 0.929. The molecule has 1 amide bonds. The Labute approximate surface area is 110 Å². The molecule has 0 saturated carbocycles. The lowest BCUT2D eigenvalue weighted by Gasteiger charge is -2.37. The van der Waals surface area contributed by atoms with E-state index in [9.17, 15) is 4.79 Å². The number of rotatable bonds is 4. The minimum absolute atomic E-state index is 0.111. The van der Waals surface area contributed by atoms with E-state index in [0.29, 0.717) is 18.6 Å². The molecule has 1 atom stereocenters. The summed E-state index contributed by atoms with van der Waals surface area (Å²) in [4.78, 5) is 14.8. The quantitative estimate of drug-likeness (QED) is 0.824. The van der Waals surface area contributed by atoms with Gasteiger partial charge in [-0.1, -0.05) is 6.92 Å². The second kappa shape index (κ2) is 7.10. The number of ether oxygens (including phenoxy) is 1. The lowest BCUT2D eigenvalue weighted by Crippen LogP contribution is -2.49. The number of amides is 1. The third-order valence-corrected chi connectivity index (χ3v) is 4.01. The van der Waals surface area contributed by atoms with E-state index in [1.807, 2.05) is 0 Å². The zero-order valence-corrected chi connectivity index (χ0v) is 11.5. The highest BCUT2D eigenvalue weighted by Gasteiger charge is 2.31. The van der Waals surface area contributed by atoms with Gasteiger partial charge in [-0.2, -0.15) is 0 Å². The van der Waals surface area contributed by atoms with Crippen LogP contribution in [-0.4, -0.2) is 49.7 Å². The van der Waals surface area contributed by atoms with Gasteiger partial charge in [-0.15, -0.1) is 0 Å². The normalized spacial score (nSPS) is 25.9. The molecular formula is C14H26N2O2. The number of piperidine rings is 1. The molecule has 2 aliphatic heterocycles. The monoisotopic (exact) mass is 254 g/mol. The zero-order chi connectivity index (χ0) is 12.8. The molecule has 2 fully saturated rings. The van der Waals surface area contributed by atoms with Crippen LogP contribution < -0.4 is 5.32 Å². The minimum Gasteiger partial charge on any atom is -0.381 e. The van der Waals surface area contributed by atoms with E-state index in [4.69, 9.17) is 4.74 Å². The standard InChI is InChI=1S/C14H26N2O2/c1-2-9-16(13-5-7-15-8-6-13)14(17)12-4-3-10-18-11-12/h12-13,15H,2-11H2,1H3. The zero-order valence-electron chi connectivity index (χ0n) is 11.5. The molecule has 0 aromatic rings. The van der Waals surface area contributed by atoms with Gasteiger partial charge in [0.25, 0.3) is 0 Å². The van der Waals surface area contributed by atoms with Gasteiger partial charge in [0.15, 0.2) is 0 Å². The first-order chi connectivity index (χ1) is 8.83. The maximum Gasteiger partial charge on any atom is 0.228 e. The van der Waals surface area contributed by atoms with Crippen LogP contribution in [0.3, 0.4) is 0 Å². The summed E-state index contributed by atoms with van der Waals surface area (Å²) in [5, 5.41) is 3.37. The number of hydrogen-bond donors (Lipinski definition) is 1. The van der Waals surface area contributed by atoms with Gasteiger partial charge in [-0.3, -0.25) is 4.79 Å². The molecule has 0 aliphatic carbocycles. The molecule has 1 N–H and O–H groups in total. The van der Waals surface area contributed by atoms with Gasteiger partial charge in [-0.05, 0) is 45.2 Å². The van der Waals surface area contributed by atoms with Crippen molar-refractivity contribution in [3.05, 3.63) is 0 Å². The van der Waals surface area contributed by atoms with Crippen LogP contribution in [-0.2, 0) is 9.53 Å². The molecule has 2 aliphatic rings. The number of hydrogen-bond acceptors (Lipinski definition) is 3. The summed E-state index contributed by atoms with van der Waals surface area (Å²) in [5.74, 6) is 0.448. The Kier molecular flexibility index (Phi) is 5.45. The molecule has 4 heteroatoms. The van der Waals surface area contributed by atoms with Crippen molar-refractivity contribution in [2.45, 2.75) is 45.1 Å². The van der Waals surface area contributed by atoms with Crippen LogP contribution in [0.15, 0.2) is 0 Å². The second-order valence-electron chi connectivity index (χ2n) is 5.43. The Morgan fingerprint density at radius 3 is 2.72 bits per heavy atom. The topological polar surface area (TPSA) is 41.6 Å². The largest absolute Gasteiger partial charge is 0.381 e. The van der Waals surface area contributed by atoms with Crippen molar-refractivity contribution in [3.8, 4) is 0 Å². The first kappa shape index (κ1) is 13.8. The Morgan fingerprint density at radius 2 is 2.11 bits per heavy atom. The van der Waals surface area contributed by atoms with Crippen molar-refractivity contribution in [2.75, 3.05) is 32.8 Å². The van der Waals surface area contributed by atoms with E-state index < -0.39 is 0 Å². The lowest BCUT2D eigenvalue weighted by atomic mass is 9.97. The maximum absolute atomic E-state index is 12.6. The van der Waals surface area contributed by atoms with Gasteiger partial charge in [0, 0.05) is 19.2 Å². The maximum atomic E-state index is 12.6. The van der Waals surface area contributed by atoms with Crippen molar-refractivity contribution in [1.29, 1.82) is 0 Å². The summed E-state index contributed by atoms with van der Waals surface area (Å²) in [6, 6.07) is 0.445. The predicted octanol–water partition coefficient (Wildman–Crippen LogP) is 1.40. The van der Waals surface area contributed by atoms with Crippen molar-refractivity contribution in [1.82, 2.24) is 10.2 Å². The van der Waals surface area contributed by atoms with Gasteiger partial charge in [0.1, 0.15) is 0 Å². The van der Waals surface area contributed by atoms with Crippen LogP contribution in [0, 0.1) is 5.92 Å². The van der Waals surface area contributed by atoms with Crippen LogP contribution in [0.5, 0.6) is 0 Å². The summed E-state index contributed by atoms with van der Waals surface area (Å²) in [6.07, 6.45) is 5.27. The van der Waals surface area contributed by atoms with Gasteiger partial charge in [-0.25, -0.2) is 0 Å². The summed E-state index contributed by atoms with van der Waals surface area (Å²) in [6.45, 7) is 6.59. The number of carbonyl (C=O) groups excluding carboxylic acids is 1. The van der Waals surface area contributed by atoms with E-state index in [0.717, 1.165) is 58.3 Å². The molecule has 104 valence electrons. The summed E-state index contributed by atoms with van der Waals surface area (Å²) in [5.41, 5.74) is 0. The third kappa shape index (κ3) is 3.45. The van der Waals surface area contributed by atoms with Crippen molar-refractivity contribution in [2.24, 2.45) is 5.92 Å². The molecule has 0 aromatic heterocycles. The summed E-state index contributed by atoms with van der Waals surface area (Å²) in [7, 11) is 0. The Morgan fingerprint density at radius 1 is 1.33 bits per heavy atom. The third-order valence-electron chi connectivity index (χ3n) is 4.01. The van der Waals surface area contributed by atoms with E-state index in [2.05, 4.69) is 17.1 Å². The molecule has 2 saturated heterocycles. The molecule has 18 heavy (non-hydrogen) atoms. The molecule has 0 bridgehead atoms. The predicted molar refractivity (Wildman–Crippen MR) is 71.4 cm³/mol. The fourth-order valence-corrected chi connectivity index (χ4v) is 3.00. The number of carbonyl (C=O) groups is 1. The Hall–Kier alpha value is -0.610. The Bertz CT molecular complexity index is 259. The van der Waals surface area contributed by atoms with Gasteiger partial charge in [0.2, 0.25) is 5.91 Å². The fourth-order valence-electron chi connectivity index (χ4n) is 3.00. The molecule has 0 aromatic carbocycles. The van der Waals surface area contributed by atoms with Gasteiger partial charge in [0.05, 0.1) is 12.5 Å². The SMILES string of the molecule is CCCN(C(=O)C1CCCOC1)C1CCNCC1. The smallest absolute Gasteiger partial charge is 0.228 e. The van der Waals surface area contributed by atoms with Gasteiger partial charge >= 0.3 is 0 Å². The number of nitrogens with one attached hydrogen (secondary N) is 1. The van der Waals surface area contributed by atoms with Gasteiger partial charge < -0.3 is 15.0 Å². The average molecular weight is 254 g/mol. The molecule has 2 heterocycles. The molecular weight excluding hydrogens is 228 g/mol. The van der Waals surface area contributed by atoms with Crippen LogP contribution in [0.25, 0.3) is 0 Å². The highest BCUT2D eigenvalue weighted by Crippen LogP contribution is 2.21. The molecule has 0 spiro atoms. The van der Waals surface area contributed by atoms with Crippen LogP contribution >= 0.6 is 0 Å². The minimum atomic E-state index is 0.111. The first-order valence-electron chi connectivity index (χ1n) is 7.42. The van der Waals surface area contributed by atoms with E-state index in [1.54, 1.807) is 0 Å². The van der Waals surface area contributed by atoms with Crippen molar-refractivity contribution >= 4 is 5.91 Å². The summed E-state index contributed by atoms with van der Waals surface area (Å²) >= 11 is 0. The first-order valence-corrected chi connectivity index (χ1v) is 7.42. The van der Waals surface area contributed by atoms with Crippen LogP contribution in [0.2, 0.25) is 0 Å². The Balaban J connectivity index is 1.96. The van der Waals surface area contributed by atoms with E-state index >= 15 is 0 Å². The van der Waals surface area contributed by atoms with Crippen molar-refractivity contribution in [3.63, 3.8) is 0 Å². The average Bonchev–Trinajstić information content (AvgIpc) is 2.46. The van der Waals surface area contributed by atoms with E-state index in [-0.39, 0.29) is 5.92 Å². The van der Waals surface area contributed by atoms with Crippen LogP contribution in [0.4, 0.5) is 0 Å². The summed E-state index contributed by atoms with van der Waals surface area (Å²) < 4.78 is 5.46. The van der Waals surface area contributed by atoms with E-state index in [1.165, 1.54) is 0 Å². The highest BCUT2D eigenvalue weighted by molar-refractivity contribution is 5.79.